The van der Waals surface area contributed by atoms with E-state index in [4.69, 9.17) is 14.2 Å². The van der Waals surface area contributed by atoms with Gasteiger partial charge in [-0.1, -0.05) is 19.6 Å². The predicted octanol–water partition coefficient (Wildman–Crippen LogP) is 3.23. The van der Waals surface area contributed by atoms with Gasteiger partial charge >= 0.3 is 0 Å². The number of hydrogen-bond donors (Lipinski definition) is 0. The highest BCUT2D eigenvalue weighted by Crippen LogP contribution is 2.35. The molecule has 1 fully saturated rings. The average molecular weight is 329 g/mol. The second-order valence-electron chi connectivity index (χ2n) is 6.44. The smallest absolute Gasteiger partial charge is 0.276 e. The Kier molecular flexibility index (Phi) is 5.02. The zero-order valence-electron chi connectivity index (χ0n) is 12.9. The normalized spacial score (nSPS) is 17.2. The lowest BCUT2D eigenvalue weighted by Gasteiger charge is -2.17. The van der Waals surface area contributed by atoms with Crippen LogP contribution in [-0.2, 0) is 4.74 Å². The fraction of sp³-hybridized carbons (Fsp3) is 0.571. The van der Waals surface area contributed by atoms with Gasteiger partial charge < -0.3 is 14.2 Å². The van der Waals surface area contributed by atoms with E-state index in [-0.39, 0.29) is 29.9 Å². The molecule has 0 radical (unpaired) electrons. The minimum atomic E-state index is -1.32. The maximum atomic E-state index is 14.1. The number of rotatable bonds is 8. The van der Waals surface area contributed by atoms with Gasteiger partial charge in [0.1, 0.15) is 12.7 Å². The van der Waals surface area contributed by atoms with Crippen molar-refractivity contribution in [3.63, 3.8) is 0 Å². The molecule has 6 nitrogen and oxygen atoms in total. The summed E-state index contributed by atoms with van der Waals surface area (Å²) >= 11 is 0. The Morgan fingerprint density at radius 1 is 1.41 bits per heavy atom. The summed E-state index contributed by atoms with van der Waals surface area (Å²) in [7, 11) is -1.32. The fourth-order valence-corrected chi connectivity index (χ4v) is 2.43. The number of hydrogen-bond acceptors (Lipinski definition) is 5. The molecule has 0 aliphatic carbocycles. The third-order valence-corrected chi connectivity index (χ3v) is 4.83. The molecule has 0 spiro atoms. The van der Waals surface area contributed by atoms with Crippen LogP contribution >= 0.6 is 0 Å². The van der Waals surface area contributed by atoms with Crippen molar-refractivity contribution in [1.29, 1.82) is 0 Å². The minimum Gasteiger partial charge on any atom is -0.487 e. The molecule has 1 aliphatic heterocycles. The molecule has 22 heavy (non-hydrogen) atoms. The number of non-ortho nitro benzene ring substituents is 1. The van der Waals surface area contributed by atoms with E-state index in [0.29, 0.717) is 13.2 Å². The summed E-state index contributed by atoms with van der Waals surface area (Å²) in [5.74, 6) is -0.793. The molecule has 1 aliphatic rings. The Labute approximate surface area is 129 Å². The van der Waals surface area contributed by atoms with Crippen LogP contribution in [0.25, 0.3) is 0 Å². The number of nitro groups is 1. The van der Waals surface area contributed by atoms with Crippen LogP contribution in [0.4, 0.5) is 10.1 Å². The first-order chi connectivity index (χ1) is 10.3. The lowest BCUT2D eigenvalue weighted by Crippen LogP contribution is -2.22. The number of benzene rings is 1. The molecule has 0 N–H and O–H groups in total. The maximum Gasteiger partial charge on any atom is 0.276 e. The van der Waals surface area contributed by atoms with Gasteiger partial charge in [0.25, 0.3) is 5.69 Å². The maximum absolute atomic E-state index is 14.1. The number of epoxide rings is 1. The molecule has 1 unspecified atom stereocenters. The largest absolute Gasteiger partial charge is 0.487 e. The lowest BCUT2D eigenvalue weighted by molar-refractivity contribution is -0.385. The van der Waals surface area contributed by atoms with E-state index in [1.165, 1.54) is 6.07 Å². The first kappa shape index (κ1) is 16.7. The molecule has 0 aromatic heterocycles. The zero-order chi connectivity index (χ0) is 16.3. The second-order valence-corrected chi connectivity index (χ2v) is 12.1. The van der Waals surface area contributed by atoms with E-state index in [1.54, 1.807) is 0 Å². The first-order valence-corrected chi connectivity index (χ1v) is 10.8. The van der Waals surface area contributed by atoms with Gasteiger partial charge in [-0.15, -0.1) is 0 Å². The van der Waals surface area contributed by atoms with Gasteiger partial charge in [0.05, 0.1) is 30.3 Å². The Hall–Kier alpha value is -1.67. The molecule has 0 amide bonds. The highest BCUT2D eigenvalue weighted by Gasteiger charge is 2.26. The fourth-order valence-electron chi connectivity index (χ4n) is 1.71. The zero-order valence-corrected chi connectivity index (χ0v) is 13.9. The van der Waals surface area contributed by atoms with Crippen LogP contribution in [0.5, 0.6) is 11.5 Å². The van der Waals surface area contributed by atoms with E-state index >= 15 is 0 Å². The Morgan fingerprint density at radius 3 is 2.64 bits per heavy atom. The van der Waals surface area contributed by atoms with E-state index in [1.807, 2.05) is 0 Å². The summed E-state index contributed by atoms with van der Waals surface area (Å²) < 4.78 is 30.1. The standard InChI is InChI=1S/C14H20FNO5Si/c1-22(2,3)5-4-19-14-12(15)6-10(16(17)18)7-13(14)21-9-11-8-20-11/h6-7,11H,4-5,8-9H2,1-3H3. The van der Waals surface area contributed by atoms with Crippen molar-refractivity contribution in [1.82, 2.24) is 0 Å². The van der Waals surface area contributed by atoms with Crippen molar-refractivity contribution >= 4 is 13.8 Å². The van der Waals surface area contributed by atoms with Crippen LogP contribution in [0, 0.1) is 15.9 Å². The van der Waals surface area contributed by atoms with Crippen LogP contribution < -0.4 is 9.47 Å². The lowest BCUT2D eigenvalue weighted by atomic mass is 10.2. The average Bonchev–Trinajstić information content (AvgIpc) is 3.21. The van der Waals surface area contributed by atoms with Gasteiger partial charge in [-0.25, -0.2) is 4.39 Å². The van der Waals surface area contributed by atoms with Crippen molar-refractivity contribution in [2.45, 2.75) is 31.8 Å². The number of nitrogens with zero attached hydrogens (tertiary/aromatic N) is 1. The highest BCUT2D eigenvalue weighted by atomic mass is 28.3. The highest BCUT2D eigenvalue weighted by molar-refractivity contribution is 6.76. The molecule has 0 bridgehead atoms. The third kappa shape index (κ3) is 4.95. The molecule has 8 heteroatoms. The quantitative estimate of drug-likeness (QED) is 0.317. The molecule has 1 aromatic carbocycles. The van der Waals surface area contributed by atoms with Gasteiger partial charge in [-0.2, -0.15) is 0 Å². The van der Waals surface area contributed by atoms with Gasteiger partial charge in [0.2, 0.25) is 0 Å². The molecule has 122 valence electrons. The van der Waals surface area contributed by atoms with E-state index < -0.39 is 18.8 Å². The van der Waals surface area contributed by atoms with E-state index in [0.717, 1.165) is 12.1 Å². The predicted molar refractivity (Wildman–Crippen MR) is 81.9 cm³/mol. The molecule has 1 heterocycles. The monoisotopic (exact) mass is 329 g/mol. The SMILES string of the molecule is C[Si](C)(C)CCOc1c(F)cc([N+](=O)[O-])cc1OCC1CO1. The summed E-state index contributed by atoms with van der Waals surface area (Å²) in [6.45, 7) is 7.73. The molecule has 1 saturated heterocycles. The molecular weight excluding hydrogens is 309 g/mol. The van der Waals surface area contributed by atoms with Crippen LogP contribution in [0.3, 0.4) is 0 Å². The molecule has 1 atom stereocenters. The number of nitro benzene ring substituents is 1. The summed E-state index contributed by atoms with van der Waals surface area (Å²) in [6, 6.07) is 2.90. The van der Waals surface area contributed by atoms with E-state index in [9.17, 15) is 14.5 Å². The molecule has 0 saturated carbocycles. The Morgan fingerprint density at radius 2 is 2.09 bits per heavy atom. The van der Waals surface area contributed by atoms with Gasteiger partial charge in [-0.3, -0.25) is 10.1 Å². The molecule has 2 rings (SSSR count). The summed E-state index contributed by atoms with van der Waals surface area (Å²) in [5.41, 5.74) is -0.359. The summed E-state index contributed by atoms with van der Waals surface area (Å²) in [6.07, 6.45) is -0.0304. The third-order valence-electron chi connectivity index (χ3n) is 3.13. The summed E-state index contributed by atoms with van der Waals surface area (Å²) in [4.78, 5) is 10.2. The van der Waals surface area contributed by atoms with Crippen LogP contribution in [0.15, 0.2) is 12.1 Å². The molecular formula is C14H20FNO5Si. The van der Waals surface area contributed by atoms with Crippen molar-refractivity contribution in [2.75, 3.05) is 19.8 Å². The van der Waals surface area contributed by atoms with Crippen molar-refractivity contribution in [3.05, 3.63) is 28.1 Å². The van der Waals surface area contributed by atoms with Crippen LogP contribution in [0.1, 0.15) is 0 Å². The second kappa shape index (κ2) is 6.61. The van der Waals surface area contributed by atoms with Gasteiger partial charge in [0.15, 0.2) is 17.3 Å². The van der Waals surface area contributed by atoms with Crippen molar-refractivity contribution in [2.24, 2.45) is 0 Å². The number of halogens is 1. The Balaban J connectivity index is 2.14. The first-order valence-electron chi connectivity index (χ1n) is 7.11. The van der Waals surface area contributed by atoms with Gasteiger partial charge in [-0.05, 0) is 6.04 Å². The van der Waals surface area contributed by atoms with Crippen LogP contribution in [-0.4, -0.2) is 38.9 Å². The summed E-state index contributed by atoms with van der Waals surface area (Å²) in [5, 5.41) is 10.8. The van der Waals surface area contributed by atoms with Crippen molar-refractivity contribution < 1.29 is 23.5 Å². The van der Waals surface area contributed by atoms with Crippen LogP contribution in [0.2, 0.25) is 25.7 Å². The van der Waals surface area contributed by atoms with Gasteiger partial charge in [0, 0.05) is 8.07 Å². The molecule has 1 aromatic rings. The topological polar surface area (TPSA) is 74.1 Å². The van der Waals surface area contributed by atoms with Crippen molar-refractivity contribution in [3.8, 4) is 11.5 Å². The van der Waals surface area contributed by atoms with E-state index in [2.05, 4.69) is 19.6 Å². The number of ether oxygens (including phenoxy) is 3. The Bertz CT molecular complexity index is 557. The minimum absolute atomic E-state index is 0.0304.